The van der Waals surface area contributed by atoms with E-state index in [0.717, 1.165) is 0 Å². The van der Waals surface area contributed by atoms with E-state index in [-0.39, 0.29) is 12.4 Å². The molecule has 4 nitrogen and oxygen atoms in total. The lowest BCUT2D eigenvalue weighted by Crippen LogP contribution is -2.18. The van der Waals surface area contributed by atoms with Crippen molar-refractivity contribution in [3.05, 3.63) is 28.0 Å². The lowest BCUT2D eigenvalue weighted by Gasteiger charge is -2.13. The van der Waals surface area contributed by atoms with E-state index in [0.29, 0.717) is 22.2 Å². The Bertz CT molecular complexity index is 365. The average molecular weight is 263 g/mol. The van der Waals surface area contributed by atoms with Crippen LogP contribution in [0.2, 0.25) is 10.0 Å². The molecule has 1 aromatic rings. The molecular formula is C10H12Cl2N2O2. The zero-order chi connectivity index (χ0) is 12.1. The molecule has 0 saturated heterocycles. The summed E-state index contributed by atoms with van der Waals surface area (Å²) in [4.78, 5) is 15.1. The van der Waals surface area contributed by atoms with Crippen LogP contribution < -0.4 is 5.73 Å². The van der Waals surface area contributed by atoms with E-state index in [1.54, 1.807) is 6.92 Å². The summed E-state index contributed by atoms with van der Waals surface area (Å²) in [6.45, 7) is 2.05. The van der Waals surface area contributed by atoms with Crippen LogP contribution in [-0.2, 0) is 9.53 Å². The van der Waals surface area contributed by atoms with Gasteiger partial charge in [0.2, 0.25) is 0 Å². The molecule has 0 radical (unpaired) electrons. The van der Waals surface area contributed by atoms with Crippen LogP contribution in [-0.4, -0.2) is 17.6 Å². The minimum absolute atomic E-state index is 0.0390. The normalized spacial score (nSPS) is 12.2. The molecule has 1 atom stereocenters. The first-order valence-electron chi connectivity index (χ1n) is 4.76. The predicted octanol–water partition coefficient (Wildman–Crippen LogP) is 2.34. The monoisotopic (exact) mass is 262 g/mol. The van der Waals surface area contributed by atoms with Crippen LogP contribution in [0.25, 0.3) is 0 Å². The Balaban J connectivity index is 2.80. The molecule has 0 fully saturated rings. The van der Waals surface area contributed by atoms with E-state index in [9.17, 15) is 4.79 Å². The van der Waals surface area contributed by atoms with Crippen LogP contribution in [0.15, 0.2) is 12.4 Å². The summed E-state index contributed by atoms with van der Waals surface area (Å²) >= 11 is 11.8. The molecule has 0 unspecified atom stereocenters. The van der Waals surface area contributed by atoms with Gasteiger partial charge in [0.1, 0.15) is 0 Å². The van der Waals surface area contributed by atoms with Gasteiger partial charge in [0.25, 0.3) is 0 Å². The van der Waals surface area contributed by atoms with Crippen molar-refractivity contribution in [2.45, 2.75) is 19.4 Å². The standard InChI is InChI=1S/C10H12Cl2N2O2/c1-2-16-9(15)3-8(13)10-6(11)4-14-5-7(10)12/h4-5,8H,2-3,13H2,1H3/t8-/m0/s1. The Morgan fingerprint density at radius 3 is 2.56 bits per heavy atom. The summed E-state index contributed by atoms with van der Waals surface area (Å²) in [7, 11) is 0. The molecule has 0 aliphatic heterocycles. The van der Waals surface area contributed by atoms with Crippen molar-refractivity contribution in [1.82, 2.24) is 4.98 Å². The lowest BCUT2D eigenvalue weighted by molar-refractivity contribution is -0.143. The summed E-state index contributed by atoms with van der Waals surface area (Å²) in [6.07, 6.45) is 2.92. The summed E-state index contributed by atoms with van der Waals surface area (Å²) in [5.74, 6) is -0.376. The average Bonchev–Trinajstić information content (AvgIpc) is 2.17. The summed E-state index contributed by atoms with van der Waals surface area (Å²) in [6, 6.07) is -0.581. The van der Waals surface area contributed by atoms with Crippen molar-refractivity contribution in [1.29, 1.82) is 0 Å². The predicted molar refractivity (Wildman–Crippen MR) is 62.4 cm³/mol. The van der Waals surface area contributed by atoms with Gasteiger partial charge in [-0.3, -0.25) is 9.78 Å². The number of nitrogens with two attached hydrogens (primary N) is 1. The third kappa shape index (κ3) is 3.33. The van der Waals surface area contributed by atoms with Gasteiger partial charge in [-0.15, -0.1) is 0 Å². The number of ether oxygens (including phenoxy) is 1. The lowest BCUT2D eigenvalue weighted by atomic mass is 10.1. The fourth-order valence-corrected chi connectivity index (χ4v) is 1.92. The van der Waals surface area contributed by atoms with Gasteiger partial charge >= 0.3 is 5.97 Å². The largest absolute Gasteiger partial charge is 0.466 e. The number of pyridine rings is 1. The topological polar surface area (TPSA) is 65.2 Å². The molecule has 6 heteroatoms. The Hall–Kier alpha value is -0.840. The van der Waals surface area contributed by atoms with Crippen molar-refractivity contribution in [3.8, 4) is 0 Å². The van der Waals surface area contributed by atoms with Crippen molar-refractivity contribution in [2.24, 2.45) is 5.73 Å². The van der Waals surface area contributed by atoms with Crippen LogP contribution in [0, 0.1) is 0 Å². The van der Waals surface area contributed by atoms with E-state index in [1.165, 1.54) is 12.4 Å². The molecule has 0 aliphatic carbocycles. The van der Waals surface area contributed by atoms with Crippen LogP contribution >= 0.6 is 23.2 Å². The second kappa shape index (κ2) is 6.03. The number of nitrogens with zero attached hydrogens (tertiary/aromatic N) is 1. The zero-order valence-corrected chi connectivity index (χ0v) is 10.3. The third-order valence-corrected chi connectivity index (χ3v) is 2.56. The molecule has 0 bridgehead atoms. The Kier molecular flexibility index (Phi) is 4.99. The van der Waals surface area contributed by atoms with Gasteiger partial charge in [-0.2, -0.15) is 0 Å². The summed E-state index contributed by atoms with van der Waals surface area (Å²) < 4.78 is 4.79. The maximum absolute atomic E-state index is 11.2. The summed E-state index contributed by atoms with van der Waals surface area (Å²) in [5.41, 5.74) is 6.35. The first-order chi connectivity index (χ1) is 7.56. The zero-order valence-electron chi connectivity index (χ0n) is 8.74. The molecule has 1 aromatic heterocycles. The fraction of sp³-hybridized carbons (Fsp3) is 0.400. The quantitative estimate of drug-likeness (QED) is 0.847. The number of aromatic nitrogens is 1. The molecule has 0 saturated carbocycles. The molecule has 88 valence electrons. The first kappa shape index (κ1) is 13.2. The molecule has 1 heterocycles. The summed E-state index contributed by atoms with van der Waals surface area (Å²) in [5, 5.41) is 0.702. The molecule has 0 amide bonds. The SMILES string of the molecule is CCOC(=O)C[C@H](N)c1c(Cl)cncc1Cl. The number of hydrogen-bond donors (Lipinski definition) is 1. The van der Waals surface area contributed by atoms with E-state index in [2.05, 4.69) is 4.98 Å². The number of halogens is 2. The van der Waals surface area contributed by atoms with E-state index < -0.39 is 6.04 Å². The van der Waals surface area contributed by atoms with Gasteiger partial charge in [-0.05, 0) is 6.92 Å². The highest BCUT2D eigenvalue weighted by molar-refractivity contribution is 6.35. The van der Waals surface area contributed by atoms with Gasteiger partial charge in [-0.25, -0.2) is 0 Å². The van der Waals surface area contributed by atoms with Crippen molar-refractivity contribution in [2.75, 3.05) is 6.61 Å². The molecule has 1 rings (SSSR count). The van der Waals surface area contributed by atoms with Crippen LogP contribution in [0.5, 0.6) is 0 Å². The van der Waals surface area contributed by atoms with Crippen molar-refractivity contribution >= 4 is 29.2 Å². The molecule has 16 heavy (non-hydrogen) atoms. The molecule has 0 aliphatic rings. The van der Waals surface area contributed by atoms with E-state index >= 15 is 0 Å². The highest BCUT2D eigenvalue weighted by atomic mass is 35.5. The van der Waals surface area contributed by atoms with Gasteiger partial charge in [0.15, 0.2) is 0 Å². The number of hydrogen-bond acceptors (Lipinski definition) is 4. The number of rotatable bonds is 4. The Morgan fingerprint density at radius 2 is 2.06 bits per heavy atom. The van der Waals surface area contributed by atoms with Crippen molar-refractivity contribution < 1.29 is 9.53 Å². The van der Waals surface area contributed by atoms with Gasteiger partial charge in [0, 0.05) is 24.0 Å². The minimum Gasteiger partial charge on any atom is -0.466 e. The first-order valence-corrected chi connectivity index (χ1v) is 5.52. The molecule has 0 aromatic carbocycles. The van der Waals surface area contributed by atoms with Crippen molar-refractivity contribution in [3.63, 3.8) is 0 Å². The Labute approximate surface area is 104 Å². The molecular weight excluding hydrogens is 251 g/mol. The maximum atomic E-state index is 11.2. The minimum atomic E-state index is -0.581. The Morgan fingerprint density at radius 1 is 1.50 bits per heavy atom. The fourth-order valence-electron chi connectivity index (χ4n) is 1.28. The number of carbonyl (C=O) groups is 1. The molecule has 0 spiro atoms. The van der Waals surface area contributed by atoms with Crippen LogP contribution in [0.1, 0.15) is 24.9 Å². The number of esters is 1. The smallest absolute Gasteiger partial charge is 0.307 e. The van der Waals surface area contributed by atoms with Gasteiger partial charge < -0.3 is 10.5 Å². The third-order valence-electron chi connectivity index (χ3n) is 1.95. The highest BCUT2D eigenvalue weighted by Gasteiger charge is 2.18. The van der Waals surface area contributed by atoms with E-state index in [4.69, 9.17) is 33.7 Å². The highest BCUT2D eigenvalue weighted by Crippen LogP contribution is 2.29. The molecule has 2 N–H and O–H groups in total. The maximum Gasteiger partial charge on any atom is 0.307 e. The second-order valence-corrected chi connectivity index (χ2v) is 3.95. The van der Waals surface area contributed by atoms with Gasteiger partial charge in [-0.1, -0.05) is 23.2 Å². The van der Waals surface area contributed by atoms with Crippen LogP contribution in [0.4, 0.5) is 0 Å². The van der Waals surface area contributed by atoms with Gasteiger partial charge in [0.05, 0.1) is 23.1 Å². The van der Waals surface area contributed by atoms with E-state index in [1.807, 2.05) is 0 Å². The van der Waals surface area contributed by atoms with Crippen LogP contribution in [0.3, 0.4) is 0 Å². The number of carbonyl (C=O) groups excluding carboxylic acids is 1. The second-order valence-electron chi connectivity index (χ2n) is 3.13.